The number of ether oxygens (including phenoxy) is 1. The van der Waals surface area contributed by atoms with Crippen LogP contribution in [0.5, 0.6) is 5.75 Å². The molecule has 6 rings (SSSR count). The molecule has 196 valence electrons. The van der Waals surface area contributed by atoms with Crippen molar-refractivity contribution in [3.63, 3.8) is 0 Å². The van der Waals surface area contributed by atoms with E-state index in [1.807, 2.05) is 37.3 Å². The van der Waals surface area contributed by atoms with Crippen molar-refractivity contribution in [1.29, 1.82) is 0 Å². The number of hydrogen-bond acceptors (Lipinski definition) is 8. The number of aliphatic hydroxyl groups is 1. The number of aromatic nitrogens is 2. The monoisotopic (exact) mass is 559 g/mol. The molecular formula is C29H22FN3O4S2. The Morgan fingerprint density at radius 2 is 1.87 bits per heavy atom. The average molecular weight is 560 g/mol. The second-order valence-corrected chi connectivity index (χ2v) is 11.4. The number of aliphatic hydroxyl groups excluding tert-OH is 1. The number of ketones is 1. The van der Waals surface area contributed by atoms with E-state index >= 15 is 4.39 Å². The standard InChI is InChI=1S/C29H22FN3O4S2/c1-16-13-19-14-18(11-12-22(19)37-16)25(34)23-24(20-9-5-6-10-21(20)30)33(27(36)26(23)35)28-31-32-29(39-28)38-15-17-7-3-2-4-8-17/h2-12,14,16,24,34H,13,15H2,1H3/t16-,24-/m1/s1. The molecule has 0 spiro atoms. The van der Waals surface area contributed by atoms with Gasteiger partial charge in [0.25, 0.3) is 5.78 Å². The highest BCUT2D eigenvalue weighted by Crippen LogP contribution is 2.45. The predicted octanol–water partition coefficient (Wildman–Crippen LogP) is 5.92. The molecule has 10 heteroatoms. The molecule has 0 bridgehead atoms. The number of carbonyl (C=O) groups is 2. The smallest absolute Gasteiger partial charge is 0.301 e. The van der Waals surface area contributed by atoms with Gasteiger partial charge in [0.05, 0.1) is 5.57 Å². The van der Waals surface area contributed by atoms with Gasteiger partial charge in [-0.1, -0.05) is 71.6 Å². The molecule has 1 saturated heterocycles. The van der Waals surface area contributed by atoms with Crippen molar-refractivity contribution in [2.75, 3.05) is 4.90 Å². The average Bonchev–Trinajstić information content (AvgIpc) is 3.63. The van der Waals surface area contributed by atoms with Crippen molar-refractivity contribution in [3.8, 4) is 5.75 Å². The molecule has 0 unspecified atom stereocenters. The molecule has 3 aromatic carbocycles. The number of benzene rings is 3. The summed E-state index contributed by atoms with van der Waals surface area (Å²) in [4.78, 5) is 27.9. The van der Waals surface area contributed by atoms with E-state index < -0.39 is 23.5 Å². The van der Waals surface area contributed by atoms with Gasteiger partial charge in [0.1, 0.15) is 29.5 Å². The Bertz CT molecular complexity index is 1620. The zero-order chi connectivity index (χ0) is 27.1. The maximum Gasteiger partial charge on any atom is 0.301 e. The number of anilines is 1. The zero-order valence-corrected chi connectivity index (χ0v) is 22.3. The number of thioether (sulfide) groups is 1. The van der Waals surface area contributed by atoms with E-state index in [9.17, 15) is 14.7 Å². The molecule has 0 radical (unpaired) electrons. The first-order chi connectivity index (χ1) is 18.9. The third-order valence-electron chi connectivity index (χ3n) is 6.62. The van der Waals surface area contributed by atoms with E-state index in [1.54, 1.807) is 24.3 Å². The van der Waals surface area contributed by atoms with Gasteiger partial charge in [-0.15, -0.1) is 10.2 Å². The van der Waals surface area contributed by atoms with Crippen LogP contribution in [0.2, 0.25) is 0 Å². The highest BCUT2D eigenvalue weighted by molar-refractivity contribution is 8.00. The van der Waals surface area contributed by atoms with Crippen molar-refractivity contribution >= 4 is 45.7 Å². The second-order valence-electron chi connectivity index (χ2n) is 9.27. The second kappa shape index (κ2) is 10.3. The van der Waals surface area contributed by atoms with Gasteiger partial charge in [0.2, 0.25) is 5.13 Å². The van der Waals surface area contributed by atoms with Gasteiger partial charge in [-0.25, -0.2) is 4.39 Å². The van der Waals surface area contributed by atoms with Crippen LogP contribution in [0.3, 0.4) is 0 Å². The Balaban J connectivity index is 1.41. The molecule has 1 N–H and O–H groups in total. The number of fused-ring (bicyclic) bond motifs is 1. The minimum absolute atomic E-state index is 0.00671. The van der Waals surface area contributed by atoms with E-state index in [1.165, 1.54) is 30.0 Å². The van der Waals surface area contributed by atoms with Gasteiger partial charge in [-0.2, -0.15) is 0 Å². The fourth-order valence-electron chi connectivity index (χ4n) is 4.82. The summed E-state index contributed by atoms with van der Waals surface area (Å²) in [5.41, 5.74) is 2.20. The summed E-state index contributed by atoms with van der Waals surface area (Å²) in [6.45, 7) is 1.94. The van der Waals surface area contributed by atoms with Crippen LogP contribution in [0.15, 0.2) is 82.7 Å². The molecule has 39 heavy (non-hydrogen) atoms. The number of carbonyl (C=O) groups excluding carboxylic acids is 2. The number of amides is 1. The van der Waals surface area contributed by atoms with Crippen molar-refractivity contribution in [2.45, 2.75) is 35.6 Å². The summed E-state index contributed by atoms with van der Waals surface area (Å²) < 4.78 is 21.5. The number of Topliss-reactive ketones (excluding diaryl/α,β-unsaturated/α-hetero) is 1. The molecule has 1 amide bonds. The number of rotatable bonds is 6. The maximum atomic E-state index is 15.2. The molecule has 2 atom stereocenters. The van der Waals surface area contributed by atoms with E-state index in [4.69, 9.17) is 4.74 Å². The van der Waals surface area contributed by atoms with Gasteiger partial charge in [-0.3, -0.25) is 14.5 Å². The predicted molar refractivity (Wildman–Crippen MR) is 147 cm³/mol. The SMILES string of the molecule is C[C@@H]1Cc2cc(C(O)=C3C(=O)C(=O)N(c4nnc(SCc5ccccc5)s4)[C@@H]3c3ccccc3F)ccc2O1. The largest absolute Gasteiger partial charge is 0.507 e. The molecule has 1 fully saturated rings. The molecule has 3 heterocycles. The Kier molecular flexibility index (Phi) is 6.66. The lowest BCUT2D eigenvalue weighted by molar-refractivity contribution is -0.132. The molecule has 7 nitrogen and oxygen atoms in total. The van der Waals surface area contributed by atoms with Gasteiger partial charge in [0.15, 0.2) is 4.34 Å². The lowest BCUT2D eigenvalue weighted by Gasteiger charge is -2.22. The minimum Gasteiger partial charge on any atom is -0.507 e. The fraction of sp³-hybridized carbons (Fsp3) is 0.172. The summed E-state index contributed by atoms with van der Waals surface area (Å²) in [5.74, 6) is -1.46. The van der Waals surface area contributed by atoms with E-state index in [0.717, 1.165) is 27.4 Å². The molecule has 1 aromatic heterocycles. The summed E-state index contributed by atoms with van der Waals surface area (Å²) >= 11 is 2.58. The van der Waals surface area contributed by atoms with Crippen LogP contribution >= 0.6 is 23.1 Å². The normalized spacial score (nSPS) is 19.8. The van der Waals surface area contributed by atoms with Crippen molar-refractivity contribution in [1.82, 2.24) is 10.2 Å². The fourth-order valence-corrected chi connectivity index (χ4v) is 6.65. The number of halogens is 1. The van der Waals surface area contributed by atoms with Gasteiger partial charge < -0.3 is 9.84 Å². The molecule has 0 aliphatic carbocycles. The summed E-state index contributed by atoms with van der Waals surface area (Å²) in [5, 5.41) is 19.9. The summed E-state index contributed by atoms with van der Waals surface area (Å²) in [6, 6.07) is 19.6. The van der Waals surface area contributed by atoms with Crippen LogP contribution < -0.4 is 9.64 Å². The molecule has 0 saturated carbocycles. The quantitative estimate of drug-likeness (QED) is 0.103. The van der Waals surface area contributed by atoms with E-state index in [-0.39, 0.29) is 28.1 Å². The highest BCUT2D eigenvalue weighted by atomic mass is 32.2. The Morgan fingerprint density at radius 1 is 1.10 bits per heavy atom. The molecule has 2 aliphatic heterocycles. The van der Waals surface area contributed by atoms with Crippen molar-refractivity contribution in [2.24, 2.45) is 0 Å². The Hall–Kier alpha value is -4.02. The van der Waals surface area contributed by atoms with Crippen LogP contribution in [-0.4, -0.2) is 33.1 Å². The minimum atomic E-state index is -1.21. The van der Waals surface area contributed by atoms with Crippen LogP contribution in [-0.2, 0) is 21.8 Å². The van der Waals surface area contributed by atoms with Gasteiger partial charge >= 0.3 is 5.91 Å². The highest BCUT2D eigenvalue weighted by Gasteiger charge is 2.49. The topological polar surface area (TPSA) is 92.6 Å². The summed E-state index contributed by atoms with van der Waals surface area (Å²) in [6.07, 6.45) is 0.642. The first-order valence-electron chi connectivity index (χ1n) is 12.3. The van der Waals surface area contributed by atoms with Crippen LogP contribution in [0.25, 0.3) is 5.76 Å². The lowest BCUT2D eigenvalue weighted by atomic mass is 9.94. The first kappa shape index (κ1) is 25.3. The zero-order valence-electron chi connectivity index (χ0n) is 20.7. The molecule has 4 aromatic rings. The van der Waals surface area contributed by atoms with E-state index in [2.05, 4.69) is 10.2 Å². The van der Waals surface area contributed by atoms with Crippen LogP contribution in [0.1, 0.15) is 35.2 Å². The summed E-state index contributed by atoms with van der Waals surface area (Å²) in [7, 11) is 0. The van der Waals surface area contributed by atoms with Crippen molar-refractivity contribution in [3.05, 3.63) is 106 Å². The number of nitrogens with zero attached hydrogens (tertiary/aromatic N) is 3. The van der Waals surface area contributed by atoms with Crippen LogP contribution in [0, 0.1) is 5.82 Å². The van der Waals surface area contributed by atoms with Crippen LogP contribution in [0.4, 0.5) is 9.52 Å². The first-order valence-corrected chi connectivity index (χ1v) is 14.1. The Morgan fingerprint density at radius 3 is 2.67 bits per heavy atom. The van der Waals surface area contributed by atoms with E-state index in [0.29, 0.717) is 27.8 Å². The lowest BCUT2D eigenvalue weighted by Crippen LogP contribution is -2.29. The molecular weight excluding hydrogens is 537 g/mol. The maximum absolute atomic E-state index is 15.2. The number of hydrogen-bond donors (Lipinski definition) is 1. The van der Waals surface area contributed by atoms with Gasteiger partial charge in [-0.05, 0) is 42.3 Å². The van der Waals surface area contributed by atoms with Gasteiger partial charge in [0, 0.05) is 23.3 Å². The molecule has 2 aliphatic rings. The Labute approximate surface area is 232 Å². The van der Waals surface area contributed by atoms with Crippen molar-refractivity contribution < 1.29 is 23.8 Å². The third-order valence-corrected chi connectivity index (χ3v) is 8.75. The third kappa shape index (κ3) is 4.70.